The van der Waals surface area contributed by atoms with E-state index in [-0.39, 0.29) is 19.0 Å². The van der Waals surface area contributed by atoms with Crippen LogP contribution in [-0.2, 0) is 42.4 Å². The van der Waals surface area contributed by atoms with E-state index in [0.717, 1.165) is 12.8 Å². The minimum atomic E-state index is -2.99. The number of nitrogens with one attached hydrogen (secondary N) is 1. The molecule has 1 aliphatic rings. The second-order valence-electron chi connectivity index (χ2n) is 11.1. The maximum atomic E-state index is 12.9. The Morgan fingerprint density at radius 2 is 1.79 bits per heavy atom. The molecule has 1 aliphatic heterocycles. The smallest absolute Gasteiger partial charge is 0.323 e. The molecule has 2 aromatic rings. The largest absolute Gasteiger partial charge is 0.465 e. The summed E-state index contributed by atoms with van der Waals surface area (Å²) in [7, 11) is -2.99. The first-order valence-electron chi connectivity index (χ1n) is 14.1. The third-order valence-corrected chi connectivity index (χ3v) is 7.83. The number of nitrogens with two attached hydrogens (primary N) is 1. The molecule has 1 fully saturated rings. The summed E-state index contributed by atoms with van der Waals surface area (Å²) in [5.74, 6) is -2.41. The van der Waals surface area contributed by atoms with Gasteiger partial charge in [0, 0.05) is 0 Å². The highest BCUT2D eigenvalue weighted by Gasteiger charge is 2.58. The van der Waals surface area contributed by atoms with Crippen LogP contribution in [0, 0.1) is 11.8 Å². The van der Waals surface area contributed by atoms with Gasteiger partial charge in [0.1, 0.15) is 29.6 Å². The van der Waals surface area contributed by atoms with Crippen LogP contribution in [0.2, 0.25) is 0 Å². The molecule has 1 saturated heterocycles. The number of esters is 3. The average molecular weight is 612 g/mol. The molecule has 0 saturated carbocycles. The van der Waals surface area contributed by atoms with Gasteiger partial charge in [-0.15, -0.1) is 0 Å². The molecule has 15 heteroatoms. The number of fused-ring (bicyclic) bond motifs is 1. The molecule has 2 aromatic heterocycles. The lowest BCUT2D eigenvalue weighted by Crippen LogP contribution is -2.48. The van der Waals surface area contributed by atoms with E-state index in [9.17, 15) is 18.9 Å². The van der Waals surface area contributed by atoms with Gasteiger partial charge < -0.3 is 29.2 Å². The van der Waals surface area contributed by atoms with Gasteiger partial charge in [-0.05, 0) is 32.4 Å². The maximum absolute atomic E-state index is 12.9. The van der Waals surface area contributed by atoms with E-state index < -0.39 is 67.9 Å². The van der Waals surface area contributed by atoms with Gasteiger partial charge in [0.25, 0.3) is 8.18 Å². The summed E-state index contributed by atoms with van der Waals surface area (Å²) in [6.07, 6.45) is -0.393. The van der Waals surface area contributed by atoms with Crippen LogP contribution in [0.15, 0.2) is 18.5 Å². The highest BCUT2D eigenvalue weighted by Crippen LogP contribution is 2.45. The zero-order chi connectivity index (χ0) is 31.2. The summed E-state index contributed by atoms with van der Waals surface area (Å²) >= 11 is 0. The Hall–Kier alpha value is -3.06. The van der Waals surface area contributed by atoms with Crippen LogP contribution in [0.5, 0.6) is 0 Å². The van der Waals surface area contributed by atoms with Crippen molar-refractivity contribution in [1.29, 1.82) is 0 Å². The van der Waals surface area contributed by atoms with Crippen LogP contribution in [0.25, 0.3) is 5.52 Å². The number of hydrogen-bond donors (Lipinski definition) is 2. The van der Waals surface area contributed by atoms with Crippen molar-refractivity contribution in [3.8, 4) is 0 Å². The maximum Gasteiger partial charge on any atom is 0.323 e. The van der Waals surface area contributed by atoms with E-state index in [1.54, 1.807) is 46.8 Å². The number of anilines is 1. The minimum absolute atomic E-state index is 0.228. The number of hydrogen-bond acceptors (Lipinski definition) is 12. The van der Waals surface area contributed by atoms with Gasteiger partial charge in [-0.3, -0.25) is 18.9 Å². The highest BCUT2D eigenvalue weighted by molar-refractivity contribution is 7.36. The second kappa shape index (κ2) is 14.4. The quantitative estimate of drug-likeness (QED) is 0.138. The van der Waals surface area contributed by atoms with Gasteiger partial charge >= 0.3 is 17.9 Å². The van der Waals surface area contributed by atoms with Crippen molar-refractivity contribution in [2.24, 2.45) is 11.8 Å². The van der Waals surface area contributed by atoms with Crippen molar-refractivity contribution in [3.05, 3.63) is 24.2 Å². The number of ether oxygens (including phenoxy) is 4. The Kier molecular flexibility index (Phi) is 11.5. The third-order valence-electron chi connectivity index (χ3n) is 6.76. The molecule has 0 radical (unpaired) electrons. The van der Waals surface area contributed by atoms with Gasteiger partial charge in [-0.2, -0.15) is 5.10 Å². The normalized spacial score (nSPS) is 23.7. The molecule has 234 valence electrons. The van der Waals surface area contributed by atoms with E-state index in [1.807, 2.05) is 6.92 Å². The number of nitrogen functional groups attached to an aromatic ring is 1. The Morgan fingerprint density at radius 1 is 1.12 bits per heavy atom. The molecule has 1 unspecified atom stereocenters. The van der Waals surface area contributed by atoms with Crippen LogP contribution in [0.1, 0.15) is 73.1 Å². The van der Waals surface area contributed by atoms with Crippen LogP contribution in [0.4, 0.5) is 5.82 Å². The third kappa shape index (κ3) is 7.85. The molecule has 0 aromatic carbocycles. The summed E-state index contributed by atoms with van der Waals surface area (Å²) in [6.45, 7) is 11.7. The van der Waals surface area contributed by atoms with Crippen LogP contribution >= 0.6 is 8.18 Å². The van der Waals surface area contributed by atoms with Crippen molar-refractivity contribution in [1.82, 2.24) is 19.7 Å². The second-order valence-corrected chi connectivity index (χ2v) is 12.2. The van der Waals surface area contributed by atoms with E-state index in [4.69, 9.17) is 29.2 Å². The lowest BCUT2D eigenvalue weighted by atomic mass is 9.95. The number of carbonyl (C=O) groups excluding carboxylic acids is 3. The van der Waals surface area contributed by atoms with Crippen molar-refractivity contribution in [2.45, 2.75) is 91.3 Å². The van der Waals surface area contributed by atoms with Crippen molar-refractivity contribution in [2.75, 3.05) is 18.9 Å². The van der Waals surface area contributed by atoms with E-state index >= 15 is 0 Å². The molecule has 0 spiro atoms. The van der Waals surface area contributed by atoms with Gasteiger partial charge in [-0.1, -0.05) is 41.0 Å². The summed E-state index contributed by atoms with van der Waals surface area (Å²) < 4.78 is 43.4. The molecule has 0 aliphatic carbocycles. The number of unbranched alkanes of at least 4 members (excludes halogenated alkanes) is 1. The van der Waals surface area contributed by atoms with Crippen molar-refractivity contribution >= 4 is 37.4 Å². The average Bonchev–Trinajstić information content (AvgIpc) is 3.47. The fourth-order valence-electron chi connectivity index (χ4n) is 4.24. The zero-order valence-corrected chi connectivity index (χ0v) is 26.1. The van der Waals surface area contributed by atoms with Gasteiger partial charge in [0.05, 0.1) is 30.7 Å². The lowest BCUT2D eigenvalue weighted by Gasteiger charge is -2.31. The summed E-state index contributed by atoms with van der Waals surface area (Å²) in [5.41, 5.74) is 5.54. The Bertz CT molecular complexity index is 1290. The predicted molar refractivity (Wildman–Crippen MR) is 152 cm³/mol. The van der Waals surface area contributed by atoms with E-state index in [0.29, 0.717) is 11.2 Å². The fraction of sp³-hybridized carbons (Fsp3) is 0.667. The molecular weight excluding hydrogens is 569 g/mol. The van der Waals surface area contributed by atoms with Gasteiger partial charge in [0.15, 0.2) is 18.0 Å². The molecule has 14 nitrogen and oxygen atoms in total. The topological polar surface area (TPSA) is 183 Å². The Balaban J connectivity index is 1.91. The lowest BCUT2D eigenvalue weighted by molar-refractivity contribution is -0.175. The van der Waals surface area contributed by atoms with Crippen LogP contribution in [-0.4, -0.2) is 69.6 Å². The van der Waals surface area contributed by atoms with E-state index in [2.05, 4.69) is 15.2 Å². The first kappa shape index (κ1) is 33.4. The molecule has 0 bridgehead atoms. The SMILES string of the molecule is CCCCOC(=O)[C@H](C)N[PH](=O)OC[C@@]1(C)O[C@@H](c2ccc3c(N)ncnn23)[C@H](OC(=O)C(C)C)[C@@H]1OC(=O)C(C)C. The summed E-state index contributed by atoms with van der Waals surface area (Å²) in [6, 6.07) is 2.51. The van der Waals surface area contributed by atoms with E-state index in [1.165, 1.54) is 17.8 Å². The Morgan fingerprint density at radius 3 is 2.43 bits per heavy atom. The fourth-order valence-corrected chi connectivity index (χ4v) is 5.21. The van der Waals surface area contributed by atoms with Crippen molar-refractivity contribution < 1.29 is 42.4 Å². The molecule has 0 amide bonds. The Labute approximate surface area is 245 Å². The molecule has 3 heterocycles. The number of nitrogens with zero attached hydrogens (tertiary/aromatic N) is 3. The molecule has 42 heavy (non-hydrogen) atoms. The molecule has 3 N–H and O–H groups in total. The first-order valence-corrected chi connectivity index (χ1v) is 15.4. The first-order chi connectivity index (χ1) is 19.8. The van der Waals surface area contributed by atoms with Gasteiger partial charge in [-0.25, -0.2) is 14.6 Å². The minimum Gasteiger partial charge on any atom is -0.465 e. The molecule has 6 atom stereocenters. The van der Waals surface area contributed by atoms with Crippen molar-refractivity contribution in [3.63, 3.8) is 0 Å². The van der Waals surface area contributed by atoms with Gasteiger partial charge in [0.2, 0.25) is 0 Å². The summed E-state index contributed by atoms with van der Waals surface area (Å²) in [5, 5.41) is 6.89. The highest BCUT2D eigenvalue weighted by atomic mass is 31.1. The van der Waals surface area contributed by atoms with Crippen LogP contribution < -0.4 is 10.8 Å². The molecular formula is C27H42N5O9P. The molecule has 3 rings (SSSR count). The number of carbonyl (C=O) groups is 3. The zero-order valence-electron chi connectivity index (χ0n) is 25.1. The standard InChI is InChI=1S/C27H42N5O9P/c1-8-9-12-37-26(35)17(6)31-42(36)38-13-27(7)22(40-25(34)16(4)5)21(39-24(33)15(2)3)20(41-27)18-10-11-19-23(28)29-14-30-32(18)19/h10-11,14-17,20-22,42H,8-9,12-13H2,1-7H3,(H,31,36)(H2,28,29,30)/t17-,20-,21-,22-,27+/m0/s1. The summed E-state index contributed by atoms with van der Waals surface area (Å²) in [4.78, 5) is 41.9. The predicted octanol–water partition coefficient (Wildman–Crippen LogP) is 3.00. The monoisotopic (exact) mass is 611 g/mol. The van der Waals surface area contributed by atoms with Crippen LogP contribution in [0.3, 0.4) is 0 Å². The number of rotatable bonds is 14. The number of aromatic nitrogens is 3.